The van der Waals surface area contributed by atoms with Gasteiger partial charge in [-0.05, 0) is 24.3 Å². The van der Waals surface area contributed by atoms with E-state index in [1.54, 1.807) is 30.2 Å². The molecule has 0 bridgehead atoms. The van der Waals surface area contributed by atoms with Crippen LogP contribution in [0, 0.1) is 11.6 Å². The second kappa shape index (κ2) is 7.74. The third-order valence-electron chi connectivity index (χ3n) is 4.46. The van der Waals surface area contributed by atoms with Crippen LogP contribution in [-0.2, 0) is 7.05 Å². The Morgan fingerprint density at radius 3 is 2.70 bits per heavy atom. The predicted molar refractivity (Wildman–Crippen MR) is 105 cm³/mol. The molecule has 0 saturated heterocycles. The molecule has 3 heterocycles. The van der Waals surface area contributed by atoms with Crippen LogP contribution in [0.1, 0.15) is 16.1 Å². The Morgan fingerprint density at radius 1 is 1.20 bits per heavy atom. The minimum Gasteiger partial charge on any atom is -0.399 e. The number of nitrogens with one attached hydrogen (secondary N) is 2. The van der Waals surface area contributed by atoms with Gasteiger partial charge in [0.2, 0.25) is 0 Å². The highest BCUT2D eigenvalue weighted by molar-refractivity contribution is 5.92. The summed E-state index contributed by atoms with van der Waals surface area (Å²) in [5.41, 5.74) is 8.20. The molecule has 1 unspecified atom stereocenters. The molecule has 3 aromatic rings. The number of hydrogen-bond acceptors (Lipinski definition) is 6. The molecule has 0 aliphatic carbocycles. The van der Waals surface area contributed by atoms with Gasteiger partial charge in [-0.25, -0.2) is 13.8 Å². The maximum Gasteiger partial charge on any atom is 0.273 e. The van der Waals surface area contributed by atoms with Crippen LogP contribution in [0.15, 0.2) is 60.8 Å². The number of nitrogens with two attached hydrogens (primary N) is 1. The molecule has 0 spiro atoms. The minimum atomic E-state index is -0.804. The Bertz CT molecular complexity index is 1170. The monoisotopic (exact) mass is 409 g/mol. The summed E-state index contributed by atoms with van der Waals surface area (Å²) in [6.45, 7) is 0. The first-order valence-corrected chi connectivity index (χ1v) is 8.92. The fourth-order valence-electron chi connectivity index (χ4n) is 2.91. The van der Waals surface area contributed by atoms with Crippen LogP contribution in [0.2, 0.25) is 0 Å². The molecule has 30 heavy (non-hydrogen) atoms. The largest absolute Gasteiger partial charge is 0.399 e. The van der Waals surface area contributed by atoms with Crippen LogP contribution in [0.3, 0.4) is 0 Å². The van der Waals surface area contributed by atoms with Crippen molar-refractivity contribution in [3.63, 3.8) is 0 Å². The number of amides is 1. The number of allylic oxidation sites excluding steroid dienone is 2. The molecule has 1 atom stereocenters. The molecular formula is C20H17F2N7O. The maximum absolute atomic E-state index is 14.1. The van der Waals surface area contributed by atoms with E-state index >= 15 is 0 Å². The van der Waals surface area contributed by atoms with E-state index in [1.807, 2.05) is 0 Å². The van der Waals surface area contributed by atoms with E-state index in [0.29, 0.717) is 17.1 Å². The molecule has 2 aromatic heterocycles. The molecule has 4 rings (SSSR count). The van der Waals surface area contributed by atoms with Gasteiger partial charge in [-0.3, -0.25) is 14.5 Å². The van der Waals surface area contributed by atoms with Gasteiger partial charge in [0.15, 0.2) is 0 Å². The molecule has 1 aliphatic heterocycles. The number of benzene rings is 1. The molecule has 10 heteroatoms. The van der Waals surface area contributed by atoms with Gasteiger partial charge in [-0.15, -0.1) is 0 Å². The van der Waals surface area contributed by atoms with Gasteiger partial charge >= 0.3 is 0 Å². The number of carbonyl (C=O) groups excluding carboxylic acids is 1. The summed E-state index contributed by atoms with van der Waals surface area (Å²) >= 11 is 0. The van der Waals surface area contributed by atoms with Crippen LogP contribution in [0.5, 0.6) is 0 Å². The number of aryl methyl sites for hydroxylation is 1. The lowest BCUT2D eigenvalue weighted by molar-refractivity contribution is 0.0934. The maximum atomic E-state index is 14.1. The average Bonchev–Trinajstić information content (AvgIpc) is 3.16. The number of nitrogens with zero attached hydrogens (tertiary/aromatic N) is 4. The summed E-state index contributed by atoms with van der Waals surface area (Å²) in [6, 6.07) is 3.24. The van der Waals surface area contributed by atoms with Gasteiger partial charge in [-0.1, -0.05) is 0 Å². The first-order chi connectivity index (χ1) is 14.4. The summed E-state index contributed by atoms with van der Waals surface area (Å²) in [6.07, 6.45) is 8.53. The van der Waals surface area contributed by atoms with Crippen LogP contribution in [-0.4, -0.2) is 31.8 Å². The number of rotatable bonds is 4. The highest BCUT2D eigenvalue weighted by atomic mass is 19.1. The van der Waals surface area contributed by atoms with Gasteiger partial charge < -0.3 is 16.4 Å². The van der Waals surface area contributed by atoms with Crippen molar-refractivity contribution in [1.82, 2.24) is 30.4 Å². The lowest BCUT2D eigenvalue weighted by atomic mass is 10.1. The second-order valence-corrected chi connectivity index (χ2v) is 6.61. The third-order valence-corrected chi connectivity index (χ3v) is 4.46. The van der Waals surface area contributed by atoms with Gasteiger partial charge in [0.05, 0.1) is 30.0 Å². The molecule has 8 nitrogen and oxygen atoms in total. The molecule has 0 radical (unpaired) electrons. The molecule has 1 aromatic carbocycles. The number of hydrogen-bond donors (Lipinski definition) is 3. The van der Waals surface area contributed by atoms with E-state index in [2.05, 4.69) is 25.7 Å². The third kappa shape index (κ3) is 3.88. The van der Waals surface area contributed by atoms with Crippen molar-refractivity contribution in [1.29, 1.82) is 0 Å². The molecule has 1 aliphatic rings. The van der Waals surface area contributed by atoms with E-state index in [-0.39, 0.29) is 11.3 Å². The number of dihydropyridines is 1. The van der Waals surface area contributed by atoms with Crippen molar-refractivity contribution in [3.05, 3.63) is 83.7 Å². The normalized spacial score (nSPS) is 15.8. The van der Waals surface area contributed by atoms with Crippen molar-refractivity contribution in [2.75, 3.05) is 0 Å². The number of carbonyl (C=O) groups is 1. The molecule has 1 amide bonds. The van der Waals surface area contributed by atoms with Gasteiger partial charge in [0.1, 0.15) is 23.5 Å². The van der Waals surface area contributed by atoms with Crippen molar-refractivity contribution in [2.24, 2.45) is 12.8 Å². The molecule has 4 N–H and O–H groups in total. The smallest absolute Gasteiger partial charge is 0.273 e. The van der Waals surface area contributed by atoms with Crippen molar-refractivity contribution in [2.45, 2.75) is 6.17 Å². The summed E-state index contributed by atoms with van der Waals surface area (Å²) in [5, 5.41) is 9.68. The van der Waals surface area contributed by atoms with E-state index < -0.39 is 23.7 Å². The Hall–Kier alpha value is -4.08. The zero-order valence-electron chi connectivity index (χ0n) is 15.8. The molecule has 0 saturated carbocycles. The van der Waals surface area contributed by atoms with E-state index in [0.717, 1.165) is 17.7 Å². The van der Waals surface area contributed by atoms with E-state index in [4.69, 9.17) is 5.73 Å². The predicted octanol–water partition coefficient (Wildman–Crippen LogP) is 1.70. The van der Waals surface area contributed by atoms with Gasteiger partial charge in [0.25, 0.3) is 5.91 Å². The Kier molecular flexibility index (Phi) is 4.97. The highest BCUT2D eigenvalue weighted by Gasteiger charge is 2.22. The van der Waals surface area contributed by atoms with Gasteiger partial charge in [0, 0.05) is 36.1 Å². The lowest BCUT2D eigenvalue weighted by Crippen LogP contribution is -2.49. The topological polar surface area (TPSA) is 111 Å². The number of halogens is 2. The van der Waals surface area contributed by atoms with Crippen molar-refractivity contribution in [3.8, 4) is 11.3 Å². The first kappa shape index (κ1) is 19.2. The standard InChI is InChI=1S/C20H17F2N7O/c1-29-10-11(7-26-29)17-8-25-18(9-24-17)20(30)28-19-15(23)4-5-16(27-19)13-3-2-12(21)6-14(13)22/h2-10,19,27H,23H2,1H3,(H,28,30). The van der Waals surface area contributed by atoms with Crippen LogP contribution in [0.4, 0.5) is 8.78 Å². The Labute approximate surface area is 170 Å². The second-order valence-electron chi connectivity index (χ2n) is 6.61. The summed E-state index contributed by atoms with van der Waals surface area (Å²) in [5.74, 6) is -1.93. The first-order valence-electron chi connectivity index (χ1n) is 8.92. The van der Waals surface area contributed by atoms with Crippen LogP contribution < -0.4 is 16.4 Å². The summed E-state index contributed by atoms with van der Waals surface area (Å²) < 4.78 is 28.9. The minimum absolute atomic E-state index is 0.0845. The molecular weight excluding hydrogens is 392 g/mol. The fourth-order valence-corrected chi connectivity index (χ4v) is 2.91. The summed E-state index contributed by atoms with van der Waals surface area (Å²) in [4.78, 5) is 20.9. The quantitative estimate of drug-likeness (QED) is 0.605. The molecule has 0 fully saturated rings. The lowest BCUT2D eigenvalue weighted by Gasteiger charge is -2.26. The number of aromatic nitrogens is 4. The Balaban J connectivity index is 1.48. The van der Waals surface area contributed by atoms with Crippen LogP contribution in [0.25, 0.3) is 17.0 Å². The highest BCUT2D eigenvalue weighted by Crippen LogP contribution is 2.21. The van der Waals surface area contributed by atoms with Gasteiger partial charge in [-0.2, -0.15) is 5.10 Å². The van der Waals surface area contributed by atoms with Crippen LogP contribution >= 0.6 is 0 Å². The zero-order valence-corrected chi connectivity index (χ0v) is 15.8. The van der Waals surface area contributed by atoms with E-state index in [1.165, 1.54) is 24.5 Å². The van der Waals surface area contributed by atoms with E-state index in [9.17, 15) is 13.6 Å². The molecule has 152 valence electrons. The van der Waals surface area contributed by atoms with Crippen molar-refractivity contribution >= 4 is 11.6 Å². The Morgan fingerprint density at radius 2 is 2.03 bits per heavy atom. The summed E-state index contributed by atoms with van der Waals surface area (Å²) in [7, 11) is 1.79. The zero-order chi connectivity index (χ0) is 21.3. The fraction of sp³-hybridized carbons (Fsp3) is 0.100. The van der Waals surface area contributed by atoms with Crippen molar-refractivity contribution < 1.29 is 13.6 Å². The SMILES string of the molecule is Cn1cc(-c2cnc(C(=O)NC3NC(c4ccc(F)cc4F)=CC=C3N)cn2)cn1. The average molecular weight is 409 g/mol.